The molecule has 1 saturated carbocycles. The van der Waals surface area contributed by atoms with Crippen molar-refractivity contribution in [3.05, 3.63) is 0 Å². The van der Waals surface area contributed by atoms with Gasteiger partial charge in [-0.2, -0.15) is 11.8 Å². The number of nitrogens with one attached hydrogen (secondary N) is 1. The van der Waals surface area contributed by atoms with E-state index in [4.69, 9.17) is 5.11 Å². The van der Waals surface area contributed by atoms with Gasteiger partial charge in [-0.05, 0) is 38.2 Å². The average molecular weight is 203 g/mol. The van der Waals surface area contributed by atoms with Crippen LogP contribution in [0.2, 0.25) is 0 Å². The summed E-state index contributed by atoms with van der Waals surface area (Å²) >= 11 is 1.69. The standard InChI is InChI=1S/C9H17NO2S/c1-9(8(11)12,5-6-13-2)10-7-3-4-7/h7,10H,3-6H2,1-2H3,(H,11,12). The Bertz CT molecular complexity index is 194. The summed E-state index contributed by atoms with van der Waals surface area (Å²) in [5, 5.41) is 12.3. The molecule has 1 atom stereocenters. The SMILES string of the molecule is CSCCC(C)(NC1CC1)C(=O)O. The van der Waals surface area contributed by atoms with Gasteiger partial charge < -0.3 is 5.11 Å². The lowest BCUT2D eigenvalue weighted by Gasteiger charge is -2.25. The van der Waals surface area contributed by atoms with Gasteiger partial charge in [-0.1, -0.05) is 0 Å². The van der Waals surface area contributed by atoms with Crippen LogP contribution in [-0.2, 0) is 4.79 Å². The Morgan fingerprint density at radius 3 is 2.69 bits per heavy atom. The molecule has 1 unspecified atom stereocenters. The van der Waals surface area contributed by atoms with Gasteiger partial charge in [0, 0.05) is 6.04 Å². The number of carbonyl (C=O) groups is 1. The topological polar surface area (TPSA) is 49.3 Å². The van der Waals surface area contributed by atoms with Crippen LogP contribution in [0.4, 0.5) is 0 Å². The van der Waals surface area contributed by atoms with Gasteiger partial charge in [-0.15, -0.1) is 0 Å². The fourth-order valence-corrected chi connectivity index (χ4v) is 1.84. The molecule has 0 radical (unpaired) electrons. The molecule has 1 rings (SSSR count). The summed E-state index contributed by atoms with van der Waals surface area (Å²) in [6.07, 6.45) is 4.95. The Labute approximate surface area is 83.3 Å². The van der Waals surface area contributed by atoms with E-state index >= 15 is 0 Å². The Kier molecular flexibility index (Phi) is 3.62. The highest BCUT2D eigenvalue weighted by molar-refractivity contribution is 7.98. The lowest BCUT2D eigenvalue weighted by atomic mass is 9.99. The van der Waals surface area contributed by atoms with Crippen LogP contribution >= 0.6 is 11.8 Å². The number of aliphatic carboxylic acids is 1. The van der Waals surface area contributed by atoms with E-state index in [1.165, 1.54) is 0 Å². The molecule has 0 aromatic heterocycles. The fourth-order valence-electron chi connectivity index (χ4n) is 1.23. The number of hydrogen-bond acceptors (Lipinski definition) is 3. The van der Waals surface area contributed by atoms with Crippen LogP contribution in [0.15, 0.2) is 0 Å². The van der Waals surface area contributed by atoms with E-state index in [9.17, 15) is 4.79 Å². The van der Waals surface area contributed by atoms with Gasteiger partial charge in [0.15, 0.2) is 0 Å². The summed E-state index contributed by atoms with van der Waals surface area (Å²) < 4.78 is 0. The molecular weight excluding hydrogens is 186 g/mol. The molecule has 0 heterocycles. The molecule has 1 fully saturated rings. The van der Waals surface area contributed by atoms with E-state index in [-0.39, 0.29) is 0 Å². The minimum absolute atomic E-state index is 0.447. The number of carboxylic acid groups (broad SMARTS) is 1. The third-order valence-electron chi connectivity index (χ3n) is 2.38. The van der Waals surface area contributed by atoms with Crippen LogP contribution in [-0.4, -0.2) is 34.7 Å². The normalized spacial score (nSPS) is 21.1. The Morgan fingerprint density at radius 1 is 1.69 bits per heavy atom. The van der Waals surface area contributed by atoms with Crippen molar-refractivity contribution in [2.24, 2.45) is 0 Å². The molecule has 13 heavy (non-hydrogen) atoms. The minimum atomic E-state index is -0.728. The predicted octanol–water partition coefficient (Wildman–Crippen LogP) is 1.33. The molecule has 4 heteroatoms. The van der Waals surface area contributed by atoms with Gasteiger partial charge in [0.1, 0.15) is 5.54 Å². The molecular formula is C9H17NO2S. The Balaban J connectivity index is 2.45. The van der Waals surface area contributed by atoms with Crippen molar-refractivity contribution in [3.63, 3.8) is 0 Å². The van der Waals surface area contributed by atoms with E-state index in [0.717, 1.165) is 18.6 Å². The smallest absolute Gasteiger partial charge is 0.323 e. The summed E-state index contributed by atoms with van der Waals surface area (Å²) in [4.78, 5) is 11.0. The molecule has 0 spiro atoms. The predicted molar refractivity (Wildman–Crippen MR) is 55.2 cm³/mol. The zero-order valence-electron chi connectivity index (χ0n) is 8.17. The van der Waals surface area contributed by atoms with Crippen LogP contribution in [0.1, 0.15) is 26.2 Å². The van der Waals surface area contributed by atoms with Crippen molar-refractivity contribution in [1.29, 1.82) is 0 Å². The van der Waals surface area contributed by atoms with Crippen LogP contribution in [0.5, 0.6) is 0 Å². The highest BCUT2D eigenvalue weighted by atomic mass is 32.2. The molecule has 0 aliphatic heterocycles. The van der Waals surface area contributed by atoms with E-state index in [0.29, 0.717) is 12.5 Å². The van der Waals surface area contributed by atoms with Gasteiger partial charge >= 0.3 is 5.97 Å². The lowest BCUT2D eigenvalue weighted by Crippen LogP contribution is -2.50. The fraction of sp³-hybridized carbons (Fsp3) is 0.889. The largest absolute Gasteiger partial charge is 0.480 e. The van der Waals surface area contributed by atoms with Crippen LogP contribution in [0, 0.1) is 0 Å². The zero-order chi connectivity index (χ0) is 9.90. The van der Waals surface area contributed by atoms with E-state index in [1.807, 2.05) is 6.26 Å². The van der Waals surface area contributed by atoms with Gasteiger partial charge in [-0.25, -0.2) is 0 Å². The van der Waals surface area contributed by atoms with Gasteiger partial charge in [-0.3, -0.25) is 10.1 Å². The van der Waals surface area contributed by atoms with Gasteiger partial charge in [0.25, 0.3) is 0 Å². The van der Waals surface area contributed by atoms with Crippen molar-refractivity contribution >= 4 is 17.7 Å². The second kappa shape index (κ2) is 4.33. The summed E-state index contributed by atoms with van der Waals surface area (Å²) in [7, 11) is 0. The molecule has 2 N–H and O–H groups in total. The van der Waals surface area contributed by atoms with Crippen molar-refractivity contribution in [2.75, 3.05) is 12.0 Å². The second-order valence-electron chi connectivity index (χ2n) is 3.80. The van der Waals surface area contributed by atoms with Crippen molar-refractivity contribution in [1.82, 2.24) is 5.32 Å². The first-order chi connectivity index (χ1) is 6.08. The Morgan fingerprint density at radius 2 is 2.31 bits per heavy atom. The van der Waals surface area contributed by atoms with Crippen molar-refractivity contribution in [3.8, 4) is 0 Å². The third-order valence-corrected chi connectivity index (χ3v) is 2.99. The van der Waals surface area contributed by atoms with E-state index < -0.39 is 11.5 Å². The molecule has 76 valence electrons. The maximum Gasteiger partial charge on any atom is 0.323 e. The molecule has 0 bridgehead atoms. The van der Waals surface area contributed by atoms with Crippen LogP contribution in [0.3, 0.4) is 0 Å². The quantitative estimate of drug-likeness (QED) is 0.684. The first-order valence-electron chi connectivity index (χ1n) is 4.58. The van der Waals surface area contributed by atoms with E-state index in [1.54, 1.807) is 18.7 Å². The summed E-state index contributed by atoms with van der Waals surface area (Å²) in [5.74, 6) is 0.163. The Hall–Kier alpha value is -0.220. The maximum atomic E-state index is 11.0. The molecule has 0 aromatic carbocycles. The number of hydrogen-bond donors (Lipinski definition) is 2. The molecule has 3 nitrogen and oxygen atoms in total. The summed E-state index contributed by atoms with van der Waals surface area (Å²) in [6.45, 7) is 1.78. The molecule has 0 aromatic rings. The monoisotopic (exact) mass is 203 g/mol. The highest BCUT2D eigenvalue weighted by Crippen LogP contribution is 2.24. The first kappa shape index (κ1) is 10.9. The lowest BCUT2D eigenvalue weighted by molar-refractivity contribution is -0.144. The van der Waals surface area contributed by atoms with Crippen molar-refractivity contribution < 1.29 is 9.90 Å². The highest BCUT2D eigenvalue weighted by Gasteiger charge is 2.37. The van der Waals surface area contributed by atoms with Crippen LogP contribution in [0.25, 0.3) is 0 Å². The minimum Gasteiger partial charge on any atom is -0.480 e. The summed E-state index contributed by atoms with van der Waals surface area (Å²) in [5.41, 5.74) is -0.718. The van der Waals surface area contributed by atoms with Crippen molar-refractivity contribution in [2.45, 2.75) is 37.8 Å². The van der Waals surface area contributed by atoms with Gasteiger partial charge in [0.05, 0.1) is 0 Å². The molecule has 1 aliphatic rings. The average Bonchev–Trinajstić information content (AvgIpc) is 2.84. The molecule has 0 saturated heterocycles. The maximum absolute atomic E-state index is 11.0. The van der Waals surface area contributed by atoms with Crippen LogP contribution < -0.4 is 5.32 Å². The number of carboxylic acids is 1. The summed E-state index contributed by atoms with van der Waals surface area (Å²) in [6, 6.07) is 0.447. The molecule has 0 amide bonds. The number of rotatable bonds is 6. The van der Waals surface area contributed by atoms with E-state index in [2.05, 4.69) is 5.32 Å². The number of thioether (sulfide) groups is 1. The van der Waals surface area contributed by atoms with Gasteiger partial charge in [0.2, 0.25) is 0 Å². The zero-order valence-corrected chi connectivity index (χ0v) is 8.99. The second-order valence-corrected chi connectivity index (χ2v) is 4.78. The first-order valence-corrected chi connectivity index (χ1v) is 5.98. The third kappa shape index (κ3) is 3.19. The molecule has 1 aliphatic carbocycles.